The van der Waals surface area contributed by atoms with E-state index in [1.165, 1.54) is 19.2 Å². The van der Waals surface area contributed by atoms with Crippen LogP contribution >= 0.6 is 0 Å². The molecular formula is C13H20N2O5S. The van der Waals surface area contributed by atoms with Crippen LogP contribution in [0.25, 0.3) is 0 Å². The predicted octanol–water partition coefficient (Wildman–Crippen LogP) is 1.13. The van der Waals surface area contributed by atoms with Gasteiger partial charge in [0.15, 0.2) is 0 Å². The van der Waals surface area contributed by atoms with Gasteiger partial charge in [0, 0.05) is 19.7 Å². The molecule has 0 aliphatic carbocycles. The highest BCUT2D eigenvalue weighted by Crippen LogP contribution is 2.23. The molecule has 1 aromatic rings. The number of hydrogen-bond acceptors (Lipinski definition) is 5. The van der Waals surface area contributed by atoms with Crippen LogP contribution in [0.2, 0.25) is 0 Å². The smallest absolute Gasteiger partial charge is 0.335 e. The van der Waals surface area contributed by atoms with Gasteiger partial charge in [-0.3, -0.25) is 0 Å². The summed E-state index contributed by atoms with van der Waals surface area (Å²) < 4.78 is 31.9. The summed E-state index contributed by atoms with van der Waals surface area (Å²) >= 11 is 0. The maximum Gasteiger partial charge on any atom is 0.335 e. The summed E-state index contributed by atoms with van der Waals surface area (Å²) in [6, 6.07) is 3.64. The number of nitrogens with one attached hydrogen (secondary N) is 2. The molecule has 118 valence electrons. The van der Waals surface area contributed by atoms with Crippen LogP contribution < -0.4 is 10.0 Å². The third-order valence-corrected chi connectivity index (χ3v) is 4.23. The Morgan fingerprint density at radius 1 is 1.38 bits per heavy atom. The second-order valence-corrected chi connectivity index (χ2v) is 6.39. The number of rotatable bonds is 8. The molecule has 7 nitrogen and oxygen atoms in total. The van der Waals surface area contributed by atoms with E-state index in [9.17, 15) is 13.2 Å². The van der Waals surface area contributed by atoms with Crippen molar-refractivity contribution in [3.8, 4) is 0 Å². The summed E-state index contributed by atoms with van der Waals surface area (Å²) in [7, 11) is -2.27. The third kappa shape index (κ3) is 5.00. The number of carbonyl (C=O) groups is 1. The molecule has 0 aliphatic heterocycles. The zero-order chi connectivity index (χ0) is 16.0. The van der Waals surface area contributed by atoms with E-state index in [1.54, 1.807) is 13.8 Å². The van der Waals surface area contributed by atoms with E-state index in [2.05, 4.69) is 10.0 Å². The number of aromatic carboxylic acids is 1. The highest BCUT2D eigenvalue weighted by Gasteiger charge is 2.21. The lowest BCUT2D eigenvalue weighted by molar-refractivity contribution is 0.0696. The first kappa shape index (κ1) is 17.4. The maximum absolute atomic E-state index is 12.3. The summed E-state index contributed by atoms with van der Waals surface area (Å²) in [6.07, 6.45) is 0. The average molecular weight is 316 g/mol. The molecule has 0 heterocycles. The van der Waals surface area contributed by atoms with Crippen molar-refractivity contribution in [2.45, 2.75) is 24.8 Å². The van der Waals surface area contributed by atoms with Crippen LogP contribution in [0.15, 0.2) is 23.1 Å². The maximum atomic E-state index is 12.3. The molecule has 0 amide bonds. The zero-order valence-corrected chi connectivity index (χ0v) is 13.0. The van der Waals surface area contributed by atoms with Gasteiger partial charge in [0.2, 0.25) is 10.0 Å². The molecule has 0 spiro atoms. The molecule has 0 saturated carbocycles. The molecule has 8 heteroatoms. The van der Waals surface area contributed by atoms with Gasteiger partial charge in [0.25, 0.3) is 0 Å². The zero-order valence-electron chi connectivity index (χ0n) is 12.2. The highest BCUT2D eigenvalue weighted by molar-refractivity contribution is 7.89. The second kappa shape index (κ2) is 7.39. The molecule has 0 atom stereocenters. The Hall–Kier alpha value is -1.64. The summed E-state index contributed by atoms with van der Waals surface area (Å²) in [4.78, 5) is 10.9. The van der Waals surface area contributed by atoms with Crippen molar-refractivity contribution in [2.75, 3.05) is 25.6 Å². The van der Waals surface area contributed by atoms with E-state index in [1.807, 2.05) is 0 Å². The Morgan fingerprint density at radius 3 is 2.57 bits per heavy atom. The molecule has 0 fully saturated rings. The number of ether oxygens (including phenoxy) is 1. The van der Waals surface area contributed by atoms with Crippen LogP contribution in [0, 0.1) is 0 Å². The second-order valence-electron chi connectivity index (χ2n) is 4.71. The van der Waals surface area contributed by atoms with Gasteiger partial charge < -0.3 is 15.2 Å². The van der Waals surface area contributed by atoms with Crippen LogP contribution in [0.4, 0.5) is 5.69 Å². The lowest BCUT2D eigenvalue weighted by Crippen LogP contribution is -2.31. The Bertz CT molecular complexity index is 599. The van der Waals surface area contributed by atoms with E-state index in [0.717, 1.165) is 6.07 Å². The molecule has 21 heavy (non-hydrogen) atoms. The minimum Gasteiger partial charge on any atom is -0.478 e. The van der Waals surface area contributed by atoms with E-state index in [4.69, 9.17) is 9.84 Å². The van der Waals surface area contributed by atoms with Crippen molar-refractivity contribution in [3.63, 3.8) is 0 Å². The van der Waals surface area contributed by atoms with Crippen LogP contribution in [-0.2, 0) is 14.8 Å². The Kier molecular flexibility index (Phi) is 6.13. The van der Waals surface area contributed by atoms with Gasteiger partial charge in [0.05, 0.1) is 17.9 Å². The number of hydrogen-bond donors (Lipinski definition) is 3. The van der Waals surface area contributed by atoms with Crippen molar-refractivity contribution in [2.24, 2.45) is 0 Å². The fourth-order valence-corrected chi connectivity index (χ4v) is 3.14. The molecular weight excluding hydrogens is 296 g/mol. The van der Waals surface area contributed by atoms with Gasteiger partial charge in [-0.2, -0.15) is 0 Å². The largest absolute Gasteiger partial charge is 0.478 e. The minimum atomic E-state index is -3.80. The number of carboxylic acids is 1. The Labute approximate surface area is 124 Å². The highest BCUT2D eigenvalue weighted by atomic mass is 32.2. The van der Waals surface area contributed by atoms with E-state index in [0.29, 0.717) is 18.8 Å². The standard InChI is InChI=1S/C13H20N2O5S/c1-9(2)15-21(18,19)12-8-10(13(16)17)4-5-11(12)14-6-7-20-3/h4-5,8-9,14-15H,6-7H2,1-3H3,(H,16,17). The van der Waals surface area contributed by atoms with Crippen LogP contribution in [-0.4, -0.2) is 45.8 Å². The van der Waals surface area contributed by atoms with E-state index < -0.39 is 16.0 Å². The molecule has 3 N–H and O–H groups in total. The number of sulfonamides is 1. The van der Waals surface area contributed by atoms with Gasteiger partial charge >= 0.3 is 5.97 Å². The van der Waals surface area contributed by atoms with Gasteiger partial charge in [-0.25, -0.2) is 17.9 Å². The quantitative estimate of drug-likeness (QED) is 0.621. The Morgan fingerprint density at radius 2 is 2.05 bits per heavy atom. The van der Waals surface area contributed by atoms with Crippen molar-refractivity contribution in [1.82, 2.24) is 4.72 Å². The van der Waals surface area contributed by atoms with Crippen molar-refractivity contribution < 1.29 is 23.1 Å². The summed E-state index contributed by atoms with van der Waals surface area (Å²) in [5, 5.41) is 11.9. The normalized spacial score (nSPS) is 11.6. The fourth-order valence-electron chi connectivity index (χ4n) is 1.69. The molecule has 0 aromatic heterocycles. The van der Waals surface area contributed by atoms with Gasteiger partial charge in [-0.15, -0.1) is 0 Å². The summed E-state index contributed by atoms with van der Waals surface area (Å²) in [6.45, 7) is 4.19. The van der Waals surface area contributed by atoms with Crippen LogP contribution in [0.3, 0.4) is 0 Å². The third-order valence-electron chi connectivity index (χ3n) is 2.53. The lowest BCUT2D eigenvalue weighted by Gasteiger charge is -2.15. The number of carboxylic acid groups (broad SMARTS) is 1. The lowest BCUT2D eigenvalue weighted by atomic mass is 10.2. The molecule has 1 aromatic carbocycles. The monoisotopic (exact) mass is 316 g/mol. The van der Waals surface area contributed by atoms with Gasteiger partial charge in [-0.1, -0.05) is 0 Å². The van der Waals surface area contributed by atoms with Gasteiger partial charge in [-0.05, 0) is 32.0 Å². The first-order chi connectivity index (χ1) is 9.77. The molecule has 0 aliphatic rings. The molecule has 0 saturated heterocycles. The first-order valence-electron chi connectivity index (χ1n) is 6.40. The Balaban J connectivity index is 3.22. The van der Waals surface area contributed by atoms with Crippen molar-refractivity contribution in [1.29, 1.82) is 0 Å². The SMILES string of the molecule is COCCNc1ccc(C(=O)O)cc1S(=O)(=O)NC(C)C. The van der Waals surface area contributed by atoms with Gasteiger partial charge in [0.1, 0.15) is 4.90 Å². The van der Waals surface area contributed by atoms with Crippen LogP contribution in [0.5, 0.6) is 0 Å². The topological polar surface area (TPSA) is 105 Å². The number of anilines is 1. The minimum absolute atomic E-state index is 0.0866. The predicted molar refractivity (Wildman–Crippen MR) is 79.2 cm³/mol. The first-order valence-corrected chi connectivity index (χ1v) is 7.88. The summed E-state index contributed by atoms with van der Waals surface area (Å²) in [5.74, 6) is -1.18. The molecule has 1 rings (SSSR count). The average Bonchev–Trinajstić information content (AvgIpc) is 2.37. The number of methoxy groups -OCH3 is 1. The van der Waals surface area contributed by atoms with Crippen molar-refractivity contribution in [3.05, 3.63) is 23.8 Å². The molecule has 0 unspecified atom stereocenters. The van der Waals surface area contributed by atoms with E-state index in [-0.39, 0.29) is 16.5 Å². The fraction of sp³-hybridized carbons (Fsp3) is 0.462. The summed E-state index contributed by atoms with van der Waals surface area (Å²) in [5.41, 5.74) is 0.252. The van der Waals surface area contributed by atoms with Crippen molar-refractivity contribution >= 4 is 21.7 Å². The molecule has 0 bridgehead atoms. The van der Waals surface area contributed by atoms with E-state index >= 15 is 0 Å². The molecule has 0 radical (unpaired) electrons. The van der Waals surface area contributed by atoms with Crippen LogP contribution in [0.1, 0.15) is 24.2 Å². The number of benzene rings is 1.